The Morgan fingerprint density at radius 2 is 2.00 bits per heavy atom. The van der Waals surface area contributed by atoms with Crippen molar-refractivity contribution >= 4 is 33.7 Å². The lowest BCUT2D eigenvalue weighted by Gasteiger charge is -2.06. The van der Waals surface area contributed by atoms with Crippen LogP contribution >= 0.6 is 0 Å². The van der Waals surface area contributed by atoms with E-state index in [1.54, 1.807) is 24.9 Å². The van der Waals surface area contributed by atoms with Crippen molar-refractivity contribution < 1.29 is 4.79 Å². The third kappa shape index (κ3) is 3.49. The van der Waals surface area contributed by atoms with Crippen LogP contribution in [0.2, 0.25) is 0 Å². The summed E-state index contributed by atoms with van der Waals surface area (Å²) in [6, 6.07) is 7.58. The number of amides is 1. The zero-order chi connectivity index (χ0) is 24.2. The van der Waals surface area contributed by atoms with Crippen LogP contribution < -0.4 is 5.32 Å². The third-order valence-electron chi connectivity index (χ3n) is 6.22. The molecule has 0 spiro atoms. The molecule has 1 fully saturated rings. The molecule has 11 nitrogen and oxygen atoms in total. The van der Waals surface area contributed by atoms with Crippen LogP contribution in [0.4, 0.5) is 5.69 Å². The summed E-state index contributed by atoms with van der Waals surface area (Å²) in [5, 5.41) is 10.5. The van der Waals surface area contributed by atoms with Gasteiger partial charge in [-0.25, -0.2) is 19.9 Å². The first-order valence-electron chi connectivity index (χ1n) is 11.6. The van der Waals surface area contributed by atoms with E-state index in [0.717, 1.165) is 35.1 Å². The topological polar surface area (TPSA) is 143 Å². The molecule has 3 N–H and O–H groups in total. The number of rotatable bonds is 5. The average molecular weight is 477 g/mol. The molecule has 1 aliphatic carbocycles. The molecule has 0 unspecified atom stereocenters. The van der Waals surface area contributed by atoms with Crippen molar-refractivity contribution in [2.45, 2.75) is 19.8 Å². The molecule has 0 bridgehead atoms. The van der Waals surface area contributed by atoms with E-state index in [1.807, 2.05) is 42.0 Å². The molecule has 0 aromatic carbocycles. The fourth-order valence-electron chi connectivity index (χ4n) is 4.22. The van der Waals surface area contributed by atoms with Crippen molar-refractivity contribution in [2.24, 2.45) is 5.92 Å². The molecule has 1 saturated carbocycles. The maximum absolute atomic E-state index is 12.2. The Hall–Kier alpha value is -4.93. The summed E-state index contributed by atoms with van der Waals surface area (Å²) in [5.74, 6) is 1.42. The summed E-state index contributed by atoms with van der Waals surface area (Å²) in [7, 11) is 0. The Bertz CT molecular complexity index is 1770. The van der Waals surface area contributed by atoms with Crippen LogP contribution in [0.15, 0.2) is 55.4 Å². The van der Waals surface area contributed by atoms with Gasteiger partial charge in [0.25, 0.3) is 0 Å². The second-order valence-corrected chi connectivity index (χ2v) is 8.93. The second-order valence-electron chi connectivity index (χ2n) is 8.93. The minimum absolute atomic E-state index is 0.0408. The van der Waals surface area contributed by atoms with Crippen molar-refractivity contribution in [3.05, 3.63) is 61.1 Å². The molecular formula is C25H20N10O. The second kappa shape index (κ2) is 7.80. The lowest BCUT2D eigenvalue weighted by atomic mass is 10.1. The van der Waals surface area contributed by atoms with E-state index in [4.69, 9.17) is 9.97 Å². The van der Waals surface area contributed by atoms with E-state index in [9.17, 15) is 4.79 Å². The van der Waals surface area contributed by atoms with Gasteiger partial charge >= 0.3 is 0 Å². The quantitative estimate of drug-likeness (QED) is 0.343. The predicted octanol–water partition coefficient (Wildman–Crippen LogP) is 3.80. The van der Waals surface area contributed by atoms with Crippen molar-refractivity contribution in [1.82, 2.24) is 44.7 Å². The predicted molar refractivity (Wildman–Crippen MR) is 133 cm³/mol. The Morgan fingerprint density at radius 1 is 1.08 bits per heavy atom. The highest BCUT2D eigenvalue weighted by molar-refractivity contribution is 5.95. The first-order valence-corrected chi connectivity index (χ1v) is 11.6. The van der Waals surface area contributed by atoms with Crippen molar-refractivity contribution in [1.29, 1.82) is 0 Å². The minimum Gasteiger partial charge on any atom is -0.336 e. The number of carbonyl (C=O) groups excluding carboxylic acids is 1. The molecule has 6 heterocycles. The van der Waals surface area contributed by atoms with Crippen molar-refractivity contribution in [3.8, 4) is 28.6 Å². The van der Waals surface area contributed by atoms with Crippen LogP contribution in [0, 0.1) is 12.8 Å². The van der Waals surface area contributed by atoms with Crippen LogP contribution in [-0.2, 0) is 4.79 Å². The van der Waals surface area contributed by atoms with Gasteiger partial charge in [-0.3, -0.25) is 19.4 Å². The number of H-pyrrole nitrogens is 2. The van der Waals surface area contributed by atoms with E-state index < -0.39 is 0 Å². The summed E-state index contributed by atoms with van der Waals surface area (Å²) in [6.07, 6.45) is 10.6. The number of hydrogen-bond donors (Lipinski definition) is 3. The summed E-state index contributed by atoms with van der Waals surface area (Å²) in [5.41, 5.74) is 6.66. The van der Waals surface area contributed by atoms with Crippen LogP contribution in [0.3, 0.4) is 0 Å². The molecule has 1 aliphatic rings. The summed E-state index contributed by atoms with van der Waals surface area (Å²) >= 11 is 0. The van der Waals surface area contributed by atoms with E-state index in [2.05, 4.69) is 35.5 Å². The standard InChI is InChI=1S/C25H20N10O/c1-13-11-35(12-28-13)24-21-18(6-7-27-24)31-23(32-21)22-20-19(33-34-22)5-4-17(30-20)15-8-16(10-26-9-15)29-25(36)14-2-3-14/h4-12,14H,2-3H2,1H3,(H,29,36)(H,31,32)(H,33,34). The van der Waals surface area contributed by atoms with Crippen LogP contribution in [0.1, 0.15) is 18.5 Å². The number of aromatic nitrogens is 9. The Balaban J connectivity index is 1.28. The van der Waals surface area contributed by atoms with Crippen LogP contribution in [-0.4, -0.2) is 50.6 Å². The highest BCUT2D eigenvalue weighted by atomic mass is 16.2. The average Bonchev–Trinajstić information content (AvgIpc) is 3.30. The third-order valence-corrected chi connectivity index (χ3v) is 6.22. The summed E-state index contributed by atoms with van der Waals surface area (Å²) in [6.45, 7) is 1.93. The fraction of sp³-hybridized carbons (Fsp3) is 0.160. The number of aromatic amines is 2. The van der Waals surface area contributed by atoms with Crippen LogP contribution in [0.5, 0.6) is 0 Å². The minimum atomic E-state index is 0.0408. The van der Waals surface area contributed by atoms with E-state index in [1.165, 1.54) is 0 Å². The number of pyridine rings is 3. The highest BCUT2D eigenvalue weighted by Gasteiger charge is 2.29. The molecule has 36 heavy (non-hydrogen) atoms. The normalized spacial score (nSPS) is 13.5. The van der Waals surface area contributed by atoms with Crippen LogP contribution in [0.25, 0.3) is 50.7 Å². The maximum atomic E-state index is 12.2. The molecule has 11 heteroatoms. The molecular weight excluding hydrogens is 456 g/mol. The monoisotopic (exact) mass is 476 g/mol. The van der Waals surface area contributed by atoms with Gasteiger partial charge in [0.2, 0.25) is 5.91 Å². The number of aryl methyl sites for hydroxylation is 1. The van der Waals surface area contributed by atoms with Gasteiger partial charge in [0.15, 0.2) is 17.3 Å². The SMILES string of the molecule is Cc1cn(-c2nccc3[nH]c(-c4n[nH]c5ccc(-c6cncc(NC(=O)C7CC7)c6)nc45)nc23)cn1. The highest BCUT2D eigenvalue weighted by Crippen LogP contribution is 2.31. The largest absolute Gasteiger partial charge is 0.336 e. The molecule has 1 amide bonds. The van der Waals surface area contributed by atoms with E-state index in [0.29, 0.717) is 39.8 Å². The smallest absolute Gasteiger partial charge is 0.227 e. The number of imidazole rings is 2. The molecule has 176 valence electrons. The molecule has 6 aromatic rings. The molecule has 0 radical (unpaired) electrons. The first kappa shape index (κ1) is 20.4. The number of nitrogens with one attached hydrogen (secondary N) is 3. The number of anilines is 1. The molecule has 0 atom stereocenters. The molecule has 0 aliphatic heterocycles. The number of carbonyl (C=O) groups is 1. The van der Waals surface area contributed by atoms with Gasteiger partial charge in [-0.2, -0.15) is 5.10 Å². The zero-order valence-corrected chi connectivity index (χ0v) is 19.2. The number of fused-ring (bicyclic) bond motifs is 2. The van der Waals surface area contributed by atoms with Crippen molar-refractivity contribution in [2.75, 3.05) is 5.32 Å². The van der Waals surface area contributed by atoms with Gasteiger partial charge in [0.1, 0.15) is 17.4 Å². The fourth-order valence-corrected chi connectivity index (χ4v) is 4.22. The molecule has 7 rings (SSSR count). The lowest BCUT2D eigenvalue weighted by Crippen LogP contribution is -2.13. The Labute approximate surface area is 204 Å². The van der Waals surface area contributed by atoms with E-state index in [-0.39, 0.29) is 11.8 Å². The molecule has 6 aromatic heterocycles. The number of nitrogens with zero attached hydrogens (tertiary/aromatic N) is 7. The maximum Gasteiger partial charge on any atom is 0.227 e. The zero-order valence-electron chi connectivity index (χ0n) is 19.2. The lowest BCUT2D eigenvalue weighted by molar-refractivity contribution is -0.117. The van der Waals surface area contributed by atoms with Gasteiger partial charge in [-0.15, -0.1) is 0 Å². The van der Waals surface area contributed by atoms with Gasteiger partial charge < -0.3 is 10.3 Å². The molecule has 0 saturated heterocycles. The number of hydrogen-bond acceptors (Lipinski definition) is 7. The summed E-state index contributed by atoms with van der Waals surface area (Å²) < 4.78 is 1.85. The van der Waals surface area contributed by atoms with E-state index >= 15 is 0 Å². The van der Waals surface area contributed by atoms with Gasteiger partial charge in [0.05, 0.1) is 34.3 Å². The Kier molecular flexibility index (Phi) is 4.43. The van der Waals surface area contributed by atoms with Gasteiger partial charge in [-0.1, -0.05) is 0 Å². The van der Waals surface area contributed by atoms with Gasteiger partial charge in [0, 0.05) is 30.1 Å². The van der Waals surface area contributed by atoms with Gasteiger partial charge in [-0.05, 0) is 44.0 Å². The Morgan fingerprint density at radius 3 is 2.83 bits per heavy atom. The van der Waals surface area contributed by atoms with Crippen molar-refractivity contribution in [3.63, 3.8) is 0 Å². The first-order chi connectivity index (χ1) is 17.6. The summed E-state index contributed by atoms with van der Waals surface area (Å²) in [4.78, 5) is 38.3.